The number of fused-ring (bicyclic) bond motifs is 1. The molecule has 1 aliphatic rings. The number of hydrogen-bond acceptors (Lipinski definition) is 5. The van der Waals surface area contributed by atoms with Crippen LogP contribution in [0.3, 0.4) is 0 Å². The van der Waals surface area contributed by atoms with Gasteiger partial charge in [0.25, 0.3) is 0 Å². The van der Waals surface area contributed by atoms with E-state index in [0.29, 0.717) is 17.4 Å². The van der Waals surface area contributed by atoms with Gasteiger partial charge in [-0.1, -0.05) is 28.1 Å². The highest BCUT2D eigenvalue weighted by atomic mass is 79.9. The van der Waals surface area contributed by atoms with Gasteiger partial charge < -0.3 is 15.7 Å². The lowest BCUT2D eigenvalue weighted by molar-refractivity contribution is 0.477. The third-order valence-electron chi connectivity index (χ3n) is 4.20. The fraction of sp³-hybridized carbons (Fsp3) is 0.222. The zero-order valence-corrected chi connectivity index (χ0v) is 14.5. The minimum absolute atomic E-state index is 0.183. The molecule has 2 aromatic carbocycles. The van der Waals surface area contributed by atoms with Gasteiger partial charge in [0, 0.05) is 22.4 Å². The first-order valence-electron chi connectivity index (χ1n) is 7.93. The number of phenols is 1. The fourth-order valence-electron chi connectivity index (χ4n) is 2.97. The first-order chi connectivity index (χ1) is 11.7. The number of phenolic OH excluding ortho intramolecular Hbond substituents is 1. The molecule has 1 fully saturated rings. The predicted molar refractivity (Wildman–Crippen MR) is 99.2 cm³/mol. The molecular weight excluding hydrogens is 368 g/mol. The van der Waals surface area contributed by atoms with Crippen LogP contribution in [0.25, 0.3) is 22.3 Å². The summed E-state index contributed by atoms with van der Waals surface area (Å²) in [5.41, 5.74) is 1.48. The van der Waals surface area contributed by atoms with Crippen LogP contribution in [0.2, 0.25) is 0 Å². The average molecular weight is 385 g/mol. The van der Waals surface area contributed by atoms with Crippen LogP contribution in [0, 0.1) is 0 Å². The van der Waals surface area contributed by atoms with Crippen LogP contribution in [0.5, 0.6) is 5.75 Å². The topological polar surface area (TPSA) is 70.1 Å². The van der Waals surface area contributed by atoms with E-state index in [1.807, 2.05) is 30.3 Å². The van der Waals surface area contributed by atoms with Crippen molar-refractivity contribution in [2.45, 2.75) is 12.5 Å². The maximum atomic E-state index is 10.1. The van der Waals surface area contributed by atoms with Gasteiger partial charge in [0.2, 0.25) is 0 Å². The van der Waals surface area contributed by atoms with Crippen LogP contribution in [0.4, 0.5) is 5.82 Å². The van der Waals surface area contributed by atoms with Crippen molar-refractivity contribution in [3.63, 3.8) is 0 Å². The van der Waals surface area contributed by atoms with Crippen LogP contribution in [0.1, 0.15) is 6.42 Å². The molecule has 1 aromatic heterocycles. The summed E-state index contributed by atoms with van der Waals surface area (Å²) in [6.45, 7) is 1.93. The molecule has 0 amide bonds. The molecule has 4 rings (SSSR count). The summed E-state index contributed by atoms with van der Waals surface area (Å²) in [7, 11) is 0. The van der Waals surface area contributed by atoms with Gasteiger partial charge in [0.1, 0.15) is 11.6 Å². The molecule has 0 radical (unpaired) electrons. The molecule has 6 heteroatoms. The number of halogens is 1. The Bertz CT molecular complexity index is 893. The normalized spacial score (nSPS) is 17.3. The first kappa shape index (κ1) is 15.4. The number of benzene rings is 2. The van der Waals surface area contributed by atoms with Crippen molar-refractivity contribution in [2.24, 2.45) is 0 Å². The number of nitrogens with one attached hydrogen (secondary N) is 2. The molecule has 1 saturated heterocycles. The van der Waals surface area contributed by atoms with Crippen molar-refractivity contribution in [1.29, 1.82) is 0 Å². The quantitative estimate of drug-likeness (QED) is 0.644. The maximum Gasteiger partial charge on any atom is 0.165 e. The Labute approximate surface area is 148 Å². The van der Waals surface area contributed by atoms with E-state index in [1.54, 1.807) is 12.1 Å². The minimum Gasteiger partial charge on any atom is -0.507 e. The van der Waals surface area contributed by atoms with E-state index in [0.717, 1.165) is 40.7 Å². The summed E-state index contributed by atoms with van der Waals surface area (Å²) in [5, 5.41) is 18.0. The molecular formula is C18H17BrN4O. The van der Waals surface area contributed by atoms with Gasteiger partial charge in [0.05, 0.1) is 11.1 Å². The maximum absolute atomic E-state index is 10.1. The van der Waals surface area contributed by atoms with Crippen molar-refractivity contribution >= 4 is 32.7 Å². The zero-order chi connectivity index (χ0) is 16.5. The molecule has 3 aromatic rings. The molecule has 0 bridgehead atoms. The van der Waals surface area contributed by atoms with Gasteiger partial charge in [0.15, 0.2) is 5.82 Å². The number of aromatic hydroxyl groups is 1. The Morgan fingerprint density at radius 3 is 2.83 bits per heavy atom. The summed E-state index contributed by atoms with van der Waals surface area (Å²) in [6.07, 6.45) is 1.06. The van der Waals surface area contributed by atoms with Crippen LogP contribution in [-0.4, -0.2) is 34.2 Å². The molecule has 1 aliphatic heterocycles. The van der Waals surface area contributed by atoms with Crippen molar-refractivity contribution in [1.82, 2.24) is 15.3 Å². The molecule has 0 saturated carbocycles. The van der Waals surface area contributed by atoms with E-state index in [9.17, 15) is 5.11 Å². The number of para-hydroxylation sites is 1. The van der Waals surface area contributed by atoms with Gasteiger partial charge in [-0.15, -0.1) is 0 Å². The lowest BCUT2D eigenvalue weighted by Gasteiger charge is -2.15. The van der Waals surface area contributed by atoms with Crippen LogP contribution >= 0.6 is 15.9 Å². The van der Waals surface area contributed by atoms with Crippen molar-refractivity contribution in [3.05, 3.63) is 46.9 Å². The number of nitrogens with zero attached hydrogens (tertiary/aromatic N) is 2. The second-order valence-electron chi connectivity index (χ2n) is 5.91. The molecule has 2 heterocycles. The third-order valence-corrected chi connectivity index (χ3v) is 4.70. The van der Waals surface area contributed by atoms with E-state index in [4.69, 9.17) is 4.98 Å². The number of rotatable bonds is 3. The van der Waals surface area contributed by atoms with Gasteiger partial charge in [-0.25, -0.2) is 9.97 Å². The Morgan fingerprint density at radius 2 is 2.04 bits per heavy atom. The number of anilines is 1. The third kappa shape index (κ3) is 2.95. The summed E-state index contributed by atoms with van der Waals surface area (Å²) in [5.74, 6) is 1.51. The molecule has 3 N–H and O–H groups in total. The molecule has 0 aliphatic carbocycles. The monoisotopic (exact) mass is 384 g/mol. The molecule has 122 valence electrons. The predicted octanol–water partition coefficient (Wildman–Crippen LogP) is 3.54. The lowest BCUT2D eigenvalue weighted by atomic mass is 10.1. The highest BCUT2D eigenvalue weighted by molar-refractivity contribution is 9.10. The minimum atomic E-state index is 0.183. The second kappa shape index (κ2) is 6.37. The van der Waals surface area contributed by atoms with Gasteiger partial charge in [-0.3, -0.25) is 0 Å². The Kier molecular flexibility index (Phi) is 4.08. The number of aromatic nitrogens is 2. The lowest BCUT2D eigenvalue weighted by Crippen LogP contribution is -2.23. The van der Waals surface area contributed by atoms with E-state index < -0.39 is 0 Å². The van der Waals surface area contributed by atoms with E-state index in [1.165, 1.54) is 0 Å². The van der Waals surface area contributed by atoms with Gasteiger partial charge in [-0.2, -0.15) is 0 Å². The van der Waals surface area contributed by atoms with E-state index in [-0.39, 0.29) is 5.75 Å². The molecule has 24 heavy (non-hydrogen) atoms. The Hall–Kier alpha value is -2.18. The molecule has 0 spiro atoms. The van der Waals surface area contributed by atoms with E-state index in [2.05, 4.69) is 31.5 Å². The SMILES string of the molecule is Oc1ccccc1-c1nc(NC2CCNC2)c2cc(Br)ccc2n1. The molecule has 1 atom stereocenters. The summed E-state index contributed by atoms with van der Waals surface area (Å²) < 4.78 is 0.988. The van der Waals surface area contributed by atoms with Crippen LogP contribution < -0.4 is 10.6 Å². The van der Waals surface area contributed by atoms with Crippen molar-refractivity contribution < 1.29 is 5.11 Å². The van der Waals surface area contributed by atoms with Crippen molar-refractivity contribution in [2.75, 3.05) is 18.4 Å². The highest BCUT2D eigenvalue weighted by Crippen LogP contribution is 2.31. The highest BCUT2D eigenvalue weighted by Gasteiger charge is 2.18. The number of hydrogen-bond donors (Lipinski definition) is 3. The van der Waals surface area contributed by atoms with Crippen LogP contribution in [0.15, 0.2) is 46.9 Å². The largest absolute Gasteiger partial charge is 0.507 e. The van der Waals surface area contributed by atoms with Crippen molar-refractivity contribution in [3.8, 4) is 17.1 Å². The molecule has 5 nitrogen and oxygen atoms in total. The van der Waals surface area contributed by atoms with Gasteiger partial charge >= 0.3 is 0 Å². The molecule has 1 unspecified atom stereocenters. The standard InChI is InChI=1S/C18H17BrN4O/c19-11-5-6-15-14(9-11)18(21-12-7-8-20-10-12)23-17(22-15)13-3-1-2-4-16(13)24/h1-6,9,12,20,24H,7-8,10H2,(H,21,22,23). The van der Waals surface area contributed by atoms with E-state index >= 15 is 0 Å². The Balaban J connectivity index is 1.86. The smallest absolute Gasteiger partial charge is 0.165 e. The van der Waals surface area contributed by atoms with Gasteiger partial charge in [-0.05, 0) is 43.3 Å². The van der Waals surface area contributed by atoms with Crippen LogP contribution in [-0.2, 0) is 0 Å². The average Bonchev–Trinajstić information content (AvgIpc) is 3.08. The Morgan fingerprint density at radius 1 is 1.17 bits per heavy atom. The fourth-order valence-corrected chi connectivity index (χ4v) is 3.33. The zero-order valence-electron chi connectivity index (χ0n) is 13.0. The summed E-state index contributed by atoms with van der Waals surface area (Å²) in [4.78, 5) is 9.34. The summed E-state index contributed by atoms with van der Waals surface area (Å²) in [6, 6.07) is 13.4. The first-order valence-corrected chi connectivity index (χ1v) is 8.73. The second-order valence-corrected chi connectivity index (χ2v) is 6.82. The summed E-state index contributed by atoms with van der Waals surface area (Å²) >= 11 is 3.52.